The van der Waals surface area contributed by atoms with Crippen molar-refractivity contribution in [2.24, 2.45) is 11.8 Å². The number of carbonyl (C=O) groups is 1. The lowest BCUT2D eigenvalue weighted by molar-refractivity contribution is -0.124. The average Bonchev–Trinajstić information content (AvgIpc) is 2.61. The lowest BCUT2D eigenvalue weighted by Gasteiger charge is -2.29. The van der Waals surface area contributed by atoms with Crippen LogP contribution < -0.4 is 14.8 Å². The summed E-state index contributed by atoms with van der Waals surface area (Å²) in [7, 11) is -2.27. The number of sulfonamides is 1. The predicted octanol–water partition coefficient (Wildman–Crippen LogP) is 2.69. The fraction of sp³-hybridized carbons (Fsp3) is 0.632. The molecule has 7 heteroatoms. The van der Waals surface area contributed by atoms with E-state index in [2.05, 4.69) is 17.0 Å². The van der Waals surface area contributed by atoms with Crippen LogP contribution in [0, 0.1) is 11.8 Å². The Bertz CT molecular complexity index is 693. The van der Waals surface area contributed by atoms with Gasteiger partial charge in [-0.3, -0.25) is 4.79 Å². The number of carbonyl (C=O) groups excluding carboxylic acids is 1. The Labute approximate surface area is 156 Å². The molecule has 6 nitrogen and oxygen atoms in total. The van der Waals surface area contributed by atoms with E-state index in [-0.39, 0.29) is 22.8 Å². The highest BCUT2D eigenvalue weighted by atomic mass is 32.2. The highest BCUT2D eigenvalue weighted by Gasteiger charge is 2.30. The number of ether oxygens (including phenoxy) is 1. The fourth-order valence-electron chi connectivity index (χ4n) is 3.18. The molecule has 1 amide bonds. The molecule has 1 aliphatic carbocycles. The predicted molar refractivity (Wildman–Crippen MR) is 102 cm³/mol. The molecule has 1 aromatic rings. The Morgan fingerprint density at radius 1 is 1.12 bits per heavy atom. The molecule has 1 saturated carbocycles. The van der Waals surface area contributed by atoms with E-state index in [1.807, 2.05) is 13.8 Å². The largest absolute Gasteiger partial charge is 0.497 e. The summed E-state index contributed by atoms with van der Waals surface area (Å²) in [5.41, 5.74) is 0. The quantitative estimate of drug-likeness (QED) is 0.759. The van der Waals surface area contributed by atoms with Gasteiger partial charge in [-0.2, -0.15) is 4.72 Å². The lowest BCUT2D eigenvalue weighted by atomic mass is 9.87. The lowest BCUT2D eigenvalue weighted by Crippen LogP contribution is -2.52. The van der Waals surface area contributed by atoms with E-state index in [0.717, 1.165) is 25.7 Å². The third-order valence-corrected chi connectivity index (χ3v) is 6.42. The van der Waals surface area contributed by atoms with Gasteiger partial charge in [-0.05, 0) is 61.8 Å². The molecule has 0 aromatic heterocycles. The summed E-state index contributed by atoms with van der Waals surface area (Å²) in [6.45, 7) is 5.89. The molecule has 146 valence electrons. The van der Waals surface area contributed by atoms with Crippen molar-refractivity contribution in [2.75, 3.05) is 7.11 Å². The molecule has 1 unspecified atom stereocenters. The summed E-state index contributed by atoms with van der Waals surface area (Å²) in [5.74, 6) is 0.855. The molecule has 0 saturated heterocycles. The second kappa shape index (κ2) is 8.86. The molecule has 0 heterocycles. The van der Waals surface area contributed by atoms with E-state index in [1.54, 1.807) is 12.1 Å². The van der Waals surface area contributed by atoms with Crippen molar-refractivity contribution in [1.82, 2.24) is 10.0 Å². The molecule has 0 spiro atoms. The van der Waals surface area contributed by atoms with Crippen molar-refractivity contribution in [3.05, 3.63) is 24.3 Å². The van der Waals surface area contributed by atoms with Crippen LogP contribution in [0.25, 0.3) is 0 Å². The van der Waals surface area contributed by atoms with Gasteiger partial charge in [0.2, 0.25) is 15.9 Å². The molecular weight excluding hydrogens is 352 g/mol. The van der Waals surface area contributed by atoms with Crippen LogP contribution in [-0.4, -0.2) is 33.5 Å². The highest BCUT2D eigenvalue weighted by molar-refractivity contribution is 7.89. The fourth-order valence-corrected chi connectivity index (χ4v) is 4.52. The minimum absolute atomic E-state index is 0.114. The van der Waals surface area contributed by atoms with Crippen LogP contribution in [0.15, 0.2) is 29.2 Å². The SMILES string of the molecule is COc1ccc(S(=O)(=O)NC(C(=O)NC2CCC(C)CC2)C(C)C)cc1. The van der Waals surface area contributed by atoms with Gasteiger partial charge in [0.05, 0.1) is 12.0 Å². The first-order valence-corrected chi connectivity index (χ1v) is 10.7. The van der Waals surface area contributed by atoms with E-state index in [9.17, 15) is 13.2 Å². The van der Waals surface area contributed by atoms with E-state index in [1.165, 1.54) is 19.2 Å². The number of methoxy groups -OCH3 is 1. The summed E-state index contributed by atoms with van der Waals surface area (Å²) >= 11 is 0. The first-order valence-electron chi connectivity index (χ1n) is 9.19. The second-order valence-electron chi connectivity index (χ2n) is 7.48. The van der Waals surface area contributed by atoms with Crippen LogP contribution in [0.4, 0.5) is 0 Å². The van der Waals surface area contributed by atoms with Crippen LogP contribution in [0.3, 0.4) is 0 Å². The summed E-state index contributed by atoms with van der Waals surface area (Å²) in [6.07, 6.45) is 4.08. The smallest absolute Gasteiger partial charge is 0.241 e. The Kier molecular flexibility index (Phi) is 7.06. The third-order valence-electron chi connectivity index (χ3n) is 4.96. The van der Waals surface area contributed by atoms with E-state index in [4.69, 9.17) is 4.74 Å². The Morgan fingerprint density at radius 3 is 2.19 bits per heavy atom. The number of nitrogens with one attached hydrogen (secondary N) is 2. The number of amides is 1. The van der Waals surface area contributed by atoms with Crippen molar-refractivity contribution in [2.45, 2.75) is 63.4 Å². The van der Waals surface area contributed by atoms with Crippen LogP contribution in [-0.2, 0) is 14.8 Å². The van der Waals surface area contributed by atoms with Gasteiger partial charge in [0, 0.05) is 6.04 Å². The van der Waals surface area contributed by atoms with Crippen molar-refractivity contribution >= 4 is 15.9 Å². The zero-order valence-electron chi connectivity index (χ0n) is 16.0. The van der Waals surface area contributed by atoms with Gasteiger partial charge in [-0.25, -0.2) is 8.42 Å². The molecular formula is C19H30N2O4S. The highest BCUT2D eigenvalue weighted by Crippen LogP contribution is 2.24. The first kappa shape index (κ1) is 20.7. The van der Waals surface area contributed by atoms with Gasteiger partial charge in [-0.1, -0.05) is 20.8 Å². The molecule has 2 N–H and O–H groups in total. The minimum atomic E-state index is -3.79. The van der Waals surface area contributed by atoms with Gasteiger partial charge >= 0.3 is 0 Å². The number of hydrogen-bond acceptors (Lipinski definition) is 4. The molecule has 1 atom stereocenters. The molecule has 0 radical (unpaired) electrons. The molecule has 0 bridgehead atoms. The summed E-state index contributed by atoms with van der Waals surface area (Å²) in [4.78, 5) is 12.8. The normalized spacial score (nSPS) is 22.0. The Hall–Kier alpha value is -1.60. The summed E-state index contributed by atoms with van der Waals surface area (Å²) < 4.78 is 32.9. The zero-order valence-corrected chi connectivity index (χ0v) is 16.8. The van der Waals surface area contributed by atoms with Gasteiger partial charge < -0.3 is 10.1 Å². The van der Waals surface area contributed by atoms with Gasteiger partial charge in [-0.15, -0.1) is 0 Å². The maximum absolute atomic E-state index is 12.7. The van der Waals surface area contributed by atoms with Gasteiger partial charge in [0.25, 0.3) is 0 Å². The maximum atomic E-state index is 12.7. The molecule has 1 aromatic carbocycles. The molecule has 2 rings (SSSR count). The van der Waals surface area contributed by atoms with Crippen molar-refractivity contribution < 1.29 is 17.9 Å². The van der Waals surface area contributed by atoms with E-state index >= 15 is 0 Å². The van der Waals surface area contributed by atoms with Crippen molar-refractivity contribution in [1.29, 1.82) is 0 Å². The number of benzene rings is 1. The summed E-state index contributed by atoms with van der Waals surface area (Å²) in [6, 6.07) is 5.44. The Balaban J connectivity index is 2.07. The molecule has 1 fully saturated rings. The zero-order chi connectivity index (χ0) is 19.3. The van der Waals surface area contributed by atoms with Crippen molar-refractivity contribution in [3.8, 4) is 5.75 Å². The Morgan fingerprint density at radius 2 is 1.69 bits per heavy atom. The maximum Gasteiger partial charge on any atom is 0.241 e. The molecule has 26 heavy (non-hydrogen) atoms. The van der Waals surface area contributed by atoms with Crippen LogP contribution in [0.5, 0.6) is 5.75 Å². The third kappa shape index (κ3) is 5.45. The van der Waals surface area contributed by atoms with Gasteiger partial charge in [0.1, 0.15) is 11.8 Å². The molecule has 0 aliphatic heterocycles. The summed E-state index contributed by atoms with van der Waals surface area (Å²) in [5, 5.41) is 3.03. The van der Waals surface area contributed by atoms with Crippen LogP contribution >= 0.6 is 0 Å². The van der Waals surface area contributed by atoms with E-state index in [0.29, 0.717) is 11.7 Å². The molecule has 1 aliphatic rings. The average molecular weight is 383 g/mol. The topological polar surface area (TPSA) is 84.5 Å². The van der Waals surface area contributed by atoms with Crippen LogP contribution in [0.1, 0.15) is 46.5 Å². The van der Waals surface area contributed by atoms with Gasteiger partial charge in [0.15, 0.2) is 0 Å². The number of hydrogen-bond donors (Lipinski definition) is 2. The number of rotatable bonds is 7. The van der Waals surface area contributed by atoms with Crippen LogP contribution in [0.2, 0.25) is 0 Å². The standard InChI is InChI=1S/C19H30N2O4S/c1-13(2)18(19(22)20-15-7-5-14(3)6-8-15)21-26(23,24)17-11-9-16(25-4)10-12-17/h9-15,18,21H,5-8H2,1-4H3,(H,20,22). The monoisotopic (exact) mass is 382 g/mol. The van der Waals surface area contributed by atoms with Crippen molar-refractivity contribution in [3.63, 3.8) is 0 Å². The second-order valence-corrected chi connectivity index (χ2v) is 9.20. The first-order chi connectivity index (χ1) is 12.2. The minimum Gasteiger partial charge on any atom is -0.497 e. The van der Waals surface area contributed by atoms with E-state index < -0.39 is 16.1 Å².